The monoisotopic (exact) mass is 255 g/mol. The lowest BCUT2D eigenvalue weighted by atomic mass is 10.1. The number of aromatic carboxylic acids is 1. The number of rotatable bonds is 4. The van der Waals surface area contributed by atoms with Crippen LogP contribution in [-0.2, 0) is 0 Å². The highest BCUT2D eigenvalue weighted by atomic mass is 16.5. The molecule has 2 aromatic carbocycles. The minimum absolute atomic E-state index is 0.263. The number of nitrogens with zero attached hydrogens (tertiary/aromatic N) is 1. The fourth-order valence-electron chi connectivity index (χ4n) is 1.55. The summed E-state index contributed by atoms with van der Waals surface area (Å²) < 4.78 is 5.11. The van der Waals surface area contributed by atoms with E-state index >= 15 is 0 Å². The summed E-state index contributed by atoms with van der Waals surface area (Å²) in [4.78, 5) is 15.0. The lowest BCUT2D eigenvalue weighted by Crippen LogP contribution is -1.95. The zero-order valence-electron chi connectivity index (χ0n) is 10.4. The second kappa shape index (κ2) is 5.82. The SMILES string of the molecule is COc1cccc(/N=C/c2ccc(C(=O)O)cc2)c1. The number of hydrogen-bond acceptors (Lipinski definition) is 3. The van der Waals surface area contributed by atoms with Gasteiger partial charge in [-0.1, -0.05) is 18.2 Å². The van der Waals surface area contributed by atoms with E-state index < -0.39 is 5.97 Å². The van der Waals surface area contributed by atoms with Crippen LogP contribution >= 0.6 is 0 Å². The van der Waals surface area contributed by atoms with Crippen molar-refractivity contribution in [3.8, 4) is 5.75 Å². The van der Waals surface area contributed by atoms with Crippen molar-refractivity contribution in [3.05, 3.63) is 59.7 Å². The first kappa shape index (κ1) is 12.8. The maximum absolute atomic E-state index is 10.7. The van der Waals surface area contributed by atoms with Gasteiger partial charge in [0.25, 0.3) is 0 Å². The summed E-state index contributed by atoms with van der Waals surface area (Å²) in [7, 11) is 1.60. The third-order valence-corrected chi connectivity index (χ3v) is 2.57. The van der Waals surface area contributed by atoms with E-state index in [9.17, 15) is 4.79 Å². The minimum atomic E-state index is -0.934. The predicted molar refractivity (Wildman–Crippen MR) is 73.6 cm³/mol. The van der Waals surface area contributed by atoms with Gasteiger partial charge in [-0.25, -0.2) is 4.79 Å². The maximum Gasteiger partial charge on any atom is 0.335 e. The number of hydrogen-bond donors (Lipinski definition) is 1. The Hall–Kier alpha value is -2.62. The first-order valence-electron chi connectivity index (χ1n) is 5.70. The van der Waals surface area contributed by atoms with Crippen LogP contribution in [0.2, 0.25) is 0 Å². The Balaban J connectivity index is 2.15. The third-order valence-electron chi connectivity index (χ3n) is 2.57. The van der Waals surface area contributed by atoms with E-state index in [1.807, 2.05) is 24.3 Å². The van der Waals surface area contributed by atoms with Gasteiger partial charge in [-0.3, -0.25) is 4.99 Å². The fraction of sp³-hybridized carbons (Fsp3) is 0.0667. The number of aliphatic imine (C=N–C) groups is 1. The zero-order valence-corrected chi connectivity index (χ0v) is 10.4. The van der Waals surface area contributed by atoms with E-state index in [-0.39, 0.29) is 5.56 Å². The van der Waals surface area contributed by atoms with Gasteiger partial charge in [-0.05, 0) is 29.8 Å². The Labute approximate surface area is 111 Å². The molecule has 96 valence electrons. The smallest absolute Gasteiger partial charge is 0.335 e. The molecule has 0 aliphatic heterocycles. The molecule has 0 heterocycles. The Morgan fingerprint density at radius 1 is 1.21 bits per heavy atom. The lowest BCUT2D eigenvalue weighted by Gasteiger charge is -2.00. The van der Waals surface area contributed by atoms with Gasteiger partial charge in [-0.2, -0.15) is 0 Å². The van der Waals surface area contributed by atoms with Gasteiger partial charge in [0.1, 0.15) is 5.75 Å². The second-order valence-corrected chi connectivity index (χ2v) is 3.89. The molecule has 4 heteroatoms. The quantitative estimate of drug-likeness (QED) is 0.854. The molecular weight excluding hydrogens is 242 g/mol. The Morgan fingerprint density at radius 3 is 2.58 bits per heavy atom. The Bertz CT molecular complexity index is 603. The molecule has 0 saturated carbocycles. The molecule has 0 atom stereocenters. The van der Waals surface area contributed by atoms with Crippen molar-refractivity contribution in [1.82, 2.24) is 0 Å². The van der Waals surface area contributed by atoms with Crippen LogP contribution in [0.5, 0.6) is 5.75 Å². The van der Waals surface area contributed by atoms with Crippen molar-refractivity contribution < 1.29 is 14.6 Å². The molecule has 1 N–H and O–H groups in total. The van der Waals surface area contributed by atoms with Gasteiger partial charge in [0.15, 0.2) is 0 Å². The van der Waals surface area contributed by atoms with Gasteiger partial charge in [-0.15, -0.1) is 0 Å². The predicted octanol–water partition coefficient (Wildman–Crippen LogP) is 3.14. The number of ether oxygens (including phenoxy) is 1. The van der Waals surface area contributed by atoms with Gasteiger partial charge in [0.2, 0.25) is 0 Å². The summed E-state index contributed by atoms with van der Waals surface area (Å²) in [6, 6.07) is 13.9. The van der Waals surface area contributed by atoms with E-state index in [0.29, 0.717) is 0 Å². The molecule has 0 amide bonds. The molecule has 0 fully saturated rings. The second-order valence-electron chi connectivity index (χ2n) is 3.89. The highest BCUT2D eigenvalue weighted by Gasteiger charge is 2.00. The standard InChI is InChI=1S/C15H13NO3/c1-19-14-4-2-3-13(9-14)16-10-11-5-7-12(8-6-11)15(17)18/h2-10H,1H3,(H,17,18)/b16-10+. The lowest BCUT2D eigenvalue weighted by molar-refractivity contribution is 0.0697. The molecule has 0 aliphatic rings. The van der Waals surface area contributed by atoms with E-state index in [4.69, 9.17) is 9.84 Å². The first-order chi connectivity index (χ1) is 9.19. The van der Waals surface area contributed by atoms with Gasteiger partial charge in [0, 0.05) is 12.3 Å². The summed E-state index contributed by atoms with van der Waals surface area (Å²) in [5.74, 6) is -0.188. The van der Waals surface area contributed by atoms with Crippen molar-refractivity contribution in [1.29, 1.82) is 0 Å². The molecular formula is C15H13NO3. The number of methoxy groups -OCH3 is 1. The molecule has 2 aromatic rings. The van der Waals surface area contributed by atoms with Crippen LogP contribution in [0.4, 0.5) is 5.69 Å². The van der Waals surface area contributed by atoms with Crippen LogP contribution < -0.4 is 4.74 Å². The van der Waals surface area contributed by atoms with Gasteiger partial charge >= 0.3 is 5.97 Å². The zero-order chi connectivity index (χ0) is 13.7. The van der Waals surface area contributed by atoms with Crippen LogP contribution in [0.25, 0.3) is 0 Å². The van der Waals surface area contributed by atoms with E-state index in [2.05, 4.69) is 4.99 Å². The van der Waals surface area contributed by atoms with Crippen molar-refractivity contribution in [2.24, 2.45) is 4.99 Å². The molecule has 2 rings (SSSR count). The molecule has 0 aromatic heterocycles. The van der Waals surface area contributed by atoms with Crippen molar-refractivity contribution >= 4 is 17.9 Å². The van der Waals surface area contributed by atoms with E-state index in [0.717, 1.165) is 17.0 Å². The molecule has 4 nitrogen and oxygen atoms in total. The van der Waals surface area contributed by atoms with Crippen molar-refractivity contribution in [2.45, 2.75) is 0 Å². The van der Waals surface area contributed by atoms with Gasteiger partial charge < -0.3 is 9.84 Å². The average molecular weight is 255 g/mol. The van der Waals surface area contributed by atoms with E-state index in [1.165, 1.54) is 0 Å². The normalized spacial score (nSPS) is 10.6. The summed E-state index contributed by atoms with van der Waals surface area (Å²) in [5.41, 5.74) is 1.88. The van der Waals surface area contributed by atoms with Gasteiger partial charge in [0.05, 0.1) is 18.4 Å². The van der Waals surface area contributed by atoms with Crippen LogP contribution in [0.15, 0.2) is 53.5 Å². The molecule has 0 radical (unpaired) electrons. The third kappa shape index (κ3) is 3.42. The summed E-state index contributed by atoms with van der Waals surface area (Å²) in [6.45, 7) is 0. The van der Waals surface area contributed by atoms with Crippen molar-refractivity contribution in [2.75, 3.05) is 7.11 Å². The molecule has 0 bridgehead atoms. The van der Waals surface area contributed by atoms with Crippen LogP contribution in [-0.4, -0.2) is 24.4 Å². The minimum Gasteiger partial charge on any atom is -0.497 e. The summed E-state index contributed by atoms with van der Waals surface area (Å²) in [5, 5.41) is 8.79. The Morgan fingerprint density at radius 2 is 1.95 bits per heavy atom. The highest BCUT2D eigenvalue weighted by molar-refractivity contribution is 5.89. The maximum atomic E-state index is 10.7. The van der Waals surface area contributed by atoms with Crippen LogP contribution in [0, 0.1) is 0 Å². The first-order valence-corrected chi connectivity index (χ1v) is 5.70. The summed E-state index contributed by atoms with van der Waals surface area (Å²) in [6.07, 6.45) is 1.68. The molecule has 0 saturated heterocycles. The van der Waals surface area contributed by atoms with Crippen LogP contribution in [0.3, 0.4) is 0 Å². The topological polar surface area (TPSA) is 58.9 Å². The van der Waals surface area contributed by atoms with Crippen molar-refractivity contribution in [3.63, 3.8) is 0 Å². The number of carbonyl (C=O) groups is 1. The highest BCUT2D eigenvalue weighted by Crippen LogP contribution is 2.19. The number of carboxylic acid groups (broad SMARTS) is 1. The Kier molecular flexibility index (Phi) is 3.93. The molecule has 0 spiro atoms. The van der Waals surface area contributed by atoms with E-state index in [1.54, 1.807) is 37.6 Å². The molecule has 0 unspecified atom stereocenters. The fourth-order valence-corrected chi connectivity index (χ4v) is 1.55. The summed E-state index contributed by atoms with van der Waals surface area (Å²) >= 11 is 0. The largest absolute Gasteiger partial charge is 0.497 e. The average Bonchev–Trinajstić information content (AvgIpc) is 2.46. The number of carboxylic acids is 1. The molecule has 0 aliphatic carbocycles. The number of benzene rings is 2. The van der Waals surface area contributed by atoms with Crippen LogP contribution in [0.1, 0.15) is 15.9 Å². The molecule has 19 heavy (non-hydrogen) atoms.